The Balaban J connectivity index is 2.06. The molecule has 0 unspecified atom stereocenters. The first kappa shape index (κ1) is 15.0. The van der Waals surface area contributed by atoms with Crippen LogP contribution in [0.25, 0.3) is 0 Å². The van der Waals surface area contributed by atoms with Gasteiger partial charge in [-0.15, -0.1) is 0 Å². The van der Waals surface area contributed by atoms with E-state index in [1.807, 2.05) is 42.2 Å². The summed E-state index contributed by atoms with van der Waals surface area (Å²) in [6, 6.07) is 9.50. The van der Waals surface area contributed by atoms with Gasteiger partial charge in [0.25, 0.3) is 0 Å². The lowest BCUT2D eigenvalue weighted by atomic mass is 9.92. The van der Waals surface area contributed by atoms with Crippen molar-refractivity contribution in [3.8, 4) is 0 Å². The van der Waals surface area contributed by atoms with Crippen LogP contribution in [0.15, 0.2) is 30.3 Å². The lowest BCUT2D eigenvalue weighted by Gasteiger charge is -2.31. The summed E-state index contributed by atoms with van der Waals surface area (Å²) in [7, 11) is 0. The molecule has 4 heteroatoms. The summed E-state index contributed by atoms with van der Waals surface area (Å²) in [5.41, 5.74) is -0.363. The molecule has 4 nitrogen and oxygen atoms in total. The fourth-order valence-electron chi connectivity index (χ4n) is 2.56. The predicted molar refractivity (Wildman–Crippen MR) is 77.2 cm³/mol. The first-order valence-corrected chi connectivity index (χ1v) is 7.16. The van der Waals surface area contributed by atoms with Crippen LogP contribution in [-0.2, 0) is 15.1 Å². The molecule has 1 aliphatic rings. The Morgan fingerprint density at radius 2 is 2.10 bits per heavy atom. The highest BCUT2D eigenvalue weighted by Gasteiger charge is 2.31. The molecule has 2 rings (SSSR count). The van der Waals surface area contributed by atoms with E-state index in [1.165, 1.54) is 0 Å². The highest BCUT2D eigenvalue weighted by Crippen LogP contribution is 2.26. The number of hydrogen-bond acceptors (Lipinski definition) is 3. The van der Waals surface area contributed by atoms with E-state index in [-0.39, 0.29) is 18.4 Å². The zero-order valence-electron chi connectivity index (χ0n) is 12.2. The van der Waals surface area contributed by atoms with Crippen LogP contribution in [0, 0.1) is 0 Å². The smallest absolute Gasteiger partial charge is 0.226 e. The van der Waals surface area contributed by atoms with Crippen molar-refractivity contribution in [2.45, 2.75) is 38.3 Å². The van der Waals surface area contributed by atoms with Gasteiger partial charge in [0.2, 0.25) is 5.91 Å². The van der Waals surface area contributed by atoms with Crippen LogP contribution < -0.4 is 0 Å². The van der Waals surface area contributed by atoms with Crippen molar-refractivity contribution in [2.24, 2.45) is 0 Å². The highest BCUT2D eigenvalue weighted by atomic mass is 16.5. The van der Waals surface area contributed by atoms with Crippen LogP contribution >= 0.6 is 0 Å². The first-order chi connectivity index (χ1) is 9.50. The quantitative estimate of drug-likeness (QED) is 0.918. The Hall–Kier alpha value is -1.39. The number of aliphatic hydroxyl groups is 1. The Kier molecular flexibility index (Phi) is 4.78. The van der Waals surface area contributed by atoms with Gasteiger partial charge in [0.05, 0.1) is 18.6 Å². The third-order valence-corrected chi connectivity index (χ3v) is 3.90. The molecule has 0 saturated carbocycles. The minimum Gasteiger partial charge on any atom is -0.385 e. The molecule has 0 bridgehead atoms. The third-order valence-electron chi connectivity index (χ3n) is 3.90. The summed E-state index contributed by atoms with van der Waals surface area (Å²) < 4.78 is 5.40. The van der Waals surface area contributed by atoms with Crippen molar-refractivity contribution >= 4 is 5.91 Å². The standard InChI is InChI=1S/C16H23NO3/c1-13-8-10-20-11-9-17(13)15(18)12-16(2,19)14-6-4-3-5-7-14/h3-7,13,19H,8-12H2,1-2H3/t13-,16-/m0/s1. The van der Waals surface area contributed by atoms with Gasteiger partial charge in [-0.1, -0.05) is 30.3 Å². The van der Waals surface area contributed by atoms with Gasteiger partial charge >= 0.3 is 0 Å². The van der Waals surface area contributed by atoms with Crippen molar-refractivity contribution in [3.05, 3.63) is 35.9 Å². The molecule has 1 amide bonds. The monoisotopic (exact) mass is 277 g/mol. The molecule has 1 fully saturated rings. The van der Waals surface area contributed by atoms with Crippen molar-refractivity contribution < 1.29 is 14.6 Å². The molecular weight excluding hydrogens is 254 g/mol. The number of rotatable bonds is 3. The second-order valence-electron chi connectivity index (χ2n) is 5.65. The molecule has 0 radical (unpaired) electrons. The van der Waals surface area contributed by atoms with Gasteiger partial charge in [0, 0.05) is 19.2 Å². The molecule has 0 aliphatic carbocycles. The summed E-state index contributed by atoms with van der Waals surface area (Å²) in [6.07, 6.45) is 0.945. The maximum absolute atomic E-state index is 12.5. The number of hydrogen-bond donors (Lipinski definition) is 1. The van der Waals surface area contributed by atoms with Gasteiger partial charge in [-0.3, -0.25) is 4.79 Å². The molecule has 0 aromatic heterocycles. The van der Waals surface area contributed by atoms with Crippen LogP contribution in [0.5, 0.6) is 0 Å². The Morgan fingerprint density at radius 1 is 1.40 bits per heavy atom. The van der Waals surface area contributed by atoms with E-state index < -0.39 is 5.60 Å². The normalized spacial score (nSPS) is 22.9. The van der Waals surface area contributed by atoms with Crippen molar-refractivity contribution in [3.63, 3.8) is 0 Å². The summed E-state index contributed by atoms with van der Waals surface area (Å²) >= 11 is 0. The number of ether oxygens (including phenoxy) is 1. The van der Waals surface area contributed by atoms with Gasteiger partial charge in [-0.2, -0.15) is 0 Å². The summed E-state index contributed by atoms with van der Waals surface area (Å²) in [5, 5.41) is 10.6. The lowest BCUT2D eigenvalue weighted by molar-refractivity contribution is -0.138. The van der Waals surface area contributed by atoms with E-state index in [9.17, 15) is 9.90 Å². The van der Waals surface area contributed by atoms with Gasteiger partial charge in [0.1, 0.15) is 0 Å². The van der Waals surface area contributed by atoms with E-state index in [0.29, 0.717) is 19.8 Å². The van der Waals surface area contributed by atoms with Gasteiger partial charge in [0.15, 0.2) is 0 Å². The van der Waals surface area contributed by atoms with Crippen molar-refractivity contribution in [1.29, 1.82) is 0 Å². The average Bonchev–Trinajstić information content (AvgIpc) is 2.64. The number of carbonyl (C=O) groups excluding carboxylic acids is 1. The lowest BCUT2D eigenvalue weighted by Crippen LogP contribution is -2.42. The number of benzene rings is 1. The van der Waals surface area contributed by atoms with E-state index in [1.54, 1.807) is 6.92 Å². The molecule has 1 heterocycles. The minimum absolute atomic E-state index is 0.0168. The summed E-state index contributed by atoms with van der Waals surface area (Å²) in [6.45, 7) is 5.59. The van der Waals surface area contributed by atoms with Gasteiger partial charge < -0.3 is 14.7 Å². The van der Waals surface area contributed by atoms with Gasteiger partial charge in [-0.05, 0) is 25.8 Å². The zero-order chi connectivity index (χ0) is 14.6. The molecule has 1 aromatic rings. The zero-order valence-corrected chi connectivity index (χ0v) is 12.2. The molecule has 1 saturated heterocycles. The predicted octanol–water partition coefficient (Wildman–Crippen LogP) is 1.92. The molecule has 2 atom stereocenters. The molecule has 20 heavy (non-hydrogen) atoms. The Morgan fingerprint density at radius 3 is 2.80 bits per heavy atom. The van der Waals surface area contributed by atoms with Crippen molar-refractivity contribution in [1.82, 2.24) is 4.90 Å². The molecular formula is C16H23NO3. The topological polar surface area (TPSA) is 49.8 Å². The van der Waals surface area contributed by atoms with Crippen LogP contribution in [-0.4, -0.2) is 41.7 Å². The highest BCUT2D eigenvalue weighted by molar-refractivity contribution is 5.77. The number of nitrogens with zero attached hydrogens (tertiary/aromatic N) is 1. The van der Waals surface area contributed by atoms with E-state index in [4.69, 9.17) is 4.74 Å². The first-order valence-electron chi connectivity index (χ1n) is 7.16. The van der Waals surface area contributed by atoms with E-state index in [0.717, 1.165) is 12.0 Å². The van der Waals surface area contributed by atoms with Crippen molar-refractivity contribution in [2.75, 3.05) is 19.8 Å². The maximum atomic E-state index is 12.5. The fraction of sp³-hybridized carbons (Fsp3) is 0.562. The SMILES string of the molecule is C[C@H]1CCOCCN1C(=O)C[C@](C)(O)c1ccccc1. The third kappa shape index (κ3) is 3.58. The minimum atomic E-state index is -1.13. The number of amides is 1. The largest absolute Gasteiger partial charge is 0.385 e. The maximum Gasteiger partial charge on any atom is 0.226 e. The second kappa shape index (κ2) is 6.37. The average molecular weight is 277 g/mol. The molecule has 1 aromatic carbocycles. The van der Waals surface area contributed by atoms with Crippen LogP contribution in [0.3, 0.4) is 0 Å². The fourth-order valence-corrected chi connectivity index (χ4v) is 2.56. The van der Waals surface area contributed by atoms with Gasteiger partial charge in [-0.25, -0.2) is 0 Å². The summed E-state index contributed by atoms with van der Waals surface area (Å²) in [5.74, 6) is -0.0168. The summed E-state index contributed by atoms with van der Waals surface area (Å²) in [4.78, 5) is 14.3. The van der Waals surface area contributed by atoms with Crippen LogP contribution in [0.4, 0.5) is 0 Å². The van der Waals surface area contributed by atoms with E-state index >= 15 is 0 Å². The van der Waals surface area contributed by atoms with E-state index in [2.05, 4.69) is 0 Å². The number of carbonyl (C=O) groups is 1. The molecule has 1 aliphatic heterocycles. The molecule has 0 spiro atoms. The molecule has 110 valence electrons. The van der Waals surface area contributed by atoms with Crippen LogP contribution in [0.2, 0.25) is 0 Å². The molecule has 1 N–H and O–H groups in total. The Bertz CT molecular complexity index is 444. The van der Waals surface area contributed by atoms with Crippen LogP contribution in [0.1, 0.15) is 32.3 Å². The Labute approximate surface area is 120 Å². The second-order valence-corrected chi connectivity index (χ2v) is 5.65.